The normalized spacial score (nSPS) is 13.2. The smallest absolute Gasteiger partial charge is 0.461 e. The standard InChI is InChI=1S/C48H75O10P/c1-28(2)46(29(3)4,53-40-19-34(13)43(25-49)35(14)20-40)56-59(52,57-47(30(5)6,31(7)8)54-41-21-36(15)44(26-50)37(16)22-41)58-48(32(9)10,33(11)12)55-42-23-38(17)45(27-51)39(18)24-42/h19-24,28-33,49-51H,25-27H2,1-18H3. The minimum Gasteiger partial charge on any atom is -0.461 e. The molecule has 0 spiro atoms. The van der Waals surface area contributed by atoms with Gasteiger partial charge in [0, 0.05) is 35.5 Å². The third-order valence-corrected chi connectivity index (χ3v) is 13.4. The summed E-state index contributed by atoms with van der Waals surface area (Å²) in [5, 5.41) is 30.3. The second-order valence-corrected chi connectivity index (χ2v) is 19.6. The lowest BCUT2D eigenvalue weighted by molar-refractivity contribution is -0.257. The molecule has 59 heavy (non-hydrogen) atoms. The van der Waals surface area contributed by atoms with E-state index < -0.39 is 60.7 Å². The van der Waals surface area contributed by atoms with E-state index in [9.17, 15) is 15.3 Å². The van der Waals surface area contributed by atoms with Gasteiger partial charge in [0.25, 0.3) is 0 Å². The zero-order valence-electron chi connectivity index (χ0n) is 39.2. The Labute approximate surface area is 355 Å². The van der Waals surface area contributed by atoms with Gasteiger partial charge in [-0.1, -0.05) is 83.1 Å². The van der Waals surface area contributed by atoms with E-state index in [1.807, 2.05) is 161 Å². The molecule has 0 radical (unpaired) electrons. The van der Waals surface area contributed by atoms with Crippen LogP contribution in [0.5, 0.6) is 17.2 Å². The first-order chi connectivity index (χ1) is 27.3. The Morgan fingerprint density at radius 2 is 0.576 bits per heavy atom. The number of benzene rings is 3. The van der Waals surface area contributed by atoms with Gasteiger partial charge in [0.15, 0.2) is 0 Å². The number of hydrogen-bond donors (Lipinski definition) is 3. The number of aryl methyl sites for hydroxylation is 6. The molecular weight excluding hydrogens is 767 g/mol. The molecule has 332 valence electrons. The topological polar surface area (TPSA) is 133 Å². The molecule has 0 heterocycles. The van der Waals surface area contributed by atoms with E-state index in [4.69, 9.17) is 27.8 Å². The summed E-state index contributed by atoms with van der Waals surface area (Å²) in [5.41, 5.74) is 7.46. The van der Waals surface area contributed by atoms with Crippen molar-refractivity contribution in [3.63, 3.8) is 0 Å². The monoisotopic (exact) mass is 843 g/mol. The lowest BCUT2D eigenvalue weighted by atomic mass is 9.91. The fourth-order valence-electron chi connectivity index (χ4n) is 8.31. The van der Waals surface area contributed by atoms with Crippen LogP contribution in [-0.4, -0.2) is 32.7 Å². The average Bonchev–Trinajstić information content (AvgIpc) is 3.09. The predicted octanol–water partition coefficient (Wildman–Crippen LogP) is 11.7. The van der Waals surface area contributed by atoms with Crippen molar-refractivity contribution < 1.29 is 47.7 Å². The van der Waals surface area contributed by atoms with E-state index >= 15 is 4.57 Å². The van der Waals surface area contributed by atoms with Gasteiger partial charge in [0.05, 0.1) is 19.8 Å². The first-order valence-corrected chi connectivity index (χ1v) is 22.7. The Morgan fingerprint density at radius 1 is 0.407 bits per heavy atom. The van der Waals surface area contributed by atoms with E-state index in [-0.39, 0.29) is 19.8 Å². The molecule has 0 bridgehead atoms. The van der Waals surface area contributed by atoms with Crippen molar-refractivity contribution >= 4 is 7.82 Å². The van der Waals surface area contributed by atoms with Crippen molar-refractivity contribution in [3.05, 3.63) is 86.5 Å². The van der Waals surface area contributed by atoms with Gasteiger partial charge >= 0.3 is 7.82 Å². The molecule has 0 aliphatic carbocycles. The van der Waals surface area contributed by atoms with E-state index in [1.165, 1.54) is 0 Å². The molecule has 0 amide bonds. The molecule has 0 saturated heterocycles. The number of rotatable bonds is 21. The van der Waals surface area contributed by atoms with Crippen LogP contribution in [0.15, 0.2) is 36.4 Å². The molecule has 0 unspecified atom stereocenters. The quantitative estimate of drug-likeness (QED) is 0.0703. The van der Waals surface area contributed by atoms with Crippen molar-refractivity contribution in [2.75, 3.05) is 0 Å². The molecule has 0 fully saturated rings. The lowest BCUT2D eigenvalue weighted by Gasteiger charge is -2.49. The highest BCUT2D eigenvalue weighted by Crippen LogP contribution is 2.64. The van der Waals surface area contributed by atoms with Crippen LogP contribution >= 0.6 is 7.82 Å². The van der Waals surface area contributed by atoms with Crippen LogP contribution in [0.3, 0.4) is 0 Å². The lowest BCUT2D eigenvalue weighted by Crippen LogP contribution is -2.54. The summed E-state index contributed by atoms with van der Waals surface area (Å²) in [7, 11) is -4.93. The van der Waals surface area contributed by atoms with Gasteiger partial charge in [-0.3, -0.25) is 0 Å². The Bertz CT molecular complexity index is 1620. The van der Waals surface area contributed by atoms with Crippen LogP contribution in [0.25, 0.3) is 0 Å². The van der Waals surface area contributed by atoms with Crippen molar-refractivity contribution in [1.29, 1.82) is 0 Å². The van der Waals surface area contributed by atoms with Gasteiger partial charge in [-0.05, 0) is 128 Å². The van der Waals surface area contributed by atoms with Crippen molar-refractivity contribution in [2.45, 2.75) is 162 Å². The summed E-state index contributed by atoms with van der Waals surface area (Å²) >= 11 is 0. The van der Waals surface area contributed by atoms with Crippen LogP contribution in [0.1, 0.15) is 133 Å². The molecule has 0 atom stereocenters. The second kappa shape index (κ2) is 19.8. The molecular formula is C48H75O10P. The molecule has 3 N–H and O–H groups in total. The number of phosphoric acid groups is 1. The number of aliphatic hydroxyl groups is 3. The largest absolute Gasteiger partial charge is 0.484 e. The molecule has 0 saturated carbocycles. The minimum absolute atomic E-state index is 0.118. The molecule has 0 aromatic heterocycles. The Hall–Kier alpha value is -2.95. The summed E-state index contributed by atoms with van der Waals surface area (Å²) in [6.45, 7) is 34.4. The first-order valence-electron chi connectivity index (χ1n) is 21.2. The fraction of sp³-hybridized carbons (Fsp3) is 0.625. The molecule has 0 aliphatic rings. The van der Waals surface area contributed by atoms with Crippen molar-refractivity contribution in [1.82, 2.24) is 0 Å². The molecule has 3 aromatic rings. The third kappa shape index (κ3) is 10.7. The number of hydrogen-bond acceptors (Lipinski definition) is 10. The molecule has 0 aliphatic heterocycles. The third-order valence-electron chi connectivity index (χ3n) is 11.9. The van der Waals surface area contributed by atoms with Crippen molar-refractivity contribution in [2.24, 2.45) is 35.5 Å². The summed E-state index contributed by atoms with van der Waals surface area (Å²) in [6, 6.07) is 11.1. The van der Waals surface area contributed by atoms with Crippen LogP contribution in [0.2, 0.25) is 0 Å². The number of phosphoric ester groups is 1. The van der Waals surface area contributed by atoms with Crippen LogP contribution in [0, 0.1) is 77.0 Å². The molecule has 10 nitrogen and oxygen atoms in total. The van der Waals surface area contributed by atoms with E-state index in [1.54, 1.807) is 0 Å². The maximum absolute atomic E-state index is 16.6. The highest BCUT2D eigenvalue weighted by atomic mass is 31.2. The van der Waals surface area contributed by atoms with E-state index in [0.717, 1.165) is 50.1 Å². The fourth-order valence-corrected chi connectivity index (χ4v) is 10.9. The molecule has 11 heteroatoms. The molecule has 3 aromatic carbocycles. The highest BCUT2D eigenvalue weighted by Gasteiger charge is 2.59. The Morgan fingerprint density at radius 3 is 0.712 bits per heavy atom. The van der Waals surface area contributed by atoms with Crippen LogP contribution in [-0.2, 0) is 38.0 Å². The van der Waals surface area contributed by atoms with E-state index in [0.29, 0.717) is 17.2 Å². The summed E-state index contributed by atoms with van der Waals surface area (Å²) in [6.07, 6.45) is 0. The van der Waals surface area contributed by atoms with E-state index in [2.05, 4.69) is 0 Å². The Kier molecular flexibility index (Phi) is 16.9. The highest BCUT2D eigenvalue weighted by molar-refractivity contribution is 7.48. The number of aliphatic hydroxyl groups excluding tert-OH is 3. The molecule has 3 rings (SSSR count). The van der Waals surface area contributed by atoms with Gasteiger partial charge in [0.1, 0.15) is 17.2 Å². The maximum atomic E-state index is 16.6. The minimum atomic E-state index is -4.93. The van der Waals surface area contributed by atoms with Gasteiger partial charge in [-0.25, -0.2) is 18.1 Å². The van der Waals surface area contributed by atoms with Gasteiger partial charge < -0.3 is 29.5 Å². The summed E-state index contributed by atoms with van der Waals surface area (Å²) in [4.78, 5) is 0. The average molecular weight is 843 g/mol. The summed E-state index contributed by atoms with van der Waals surface area (Å²) < 4.78 is 58.5. The Balaban J connectivity index is 2.44. The van der Waals surface area contributed by atoms with Crippen molar-refractivity contribution in [3.8, 4) is 17.2 Å². The van der Waals surface area contributed by atoms with Crippen LogP contribution < -0.4 is 14.2 Å². The maximum Gasteiger partial charge on any atom is 0.484 e. The zero-order chi connectivity index (χ0) is 45.0. The summed E-state index contributed by atoms with van der Waals surface area (Å²) in [5.74, 6) is -5.81. The number of ether oxygens (including phenoxy) is 3. The zero-order valence-corrected chi connectivity index (χ0v) is 40.1. The SMILES string of the molecule is Cc1cc(OC(OP(=O)(OC(Oc2cc(C)c(CO)c(C)c2)(C(C)C)C(C)C)OC(Oc2cc(C)c(CO)c(C)c2)(C(C)C)C(C)C)(C(C)C)C(C)C)cc(C)c1CO. The first kappa shape index (κ1) is 50.4. The van der Waals surface area contributed by atoms with Crippen LogP contribution in [0.4, 0.5) is 0 Å². The van der Waals surface area contributed by atoms with Gasteiger partial charge in [-0.2, -0.15) is 0 Å². The van der Waals surface area contributed by atoms with Gasteiger partial charge in [0.2, 0.25) is 17.4 Å². The second-order valence-electron chi connectivity index (χ2n) is 18.2. The van der Waals surface area contributed by atoms with Gasteiger partial charge in [-0.15, -0.1) is 0 Å². The predicted molar refractivity (Wildman–Crippen MR) is 235 cm³/mol.